The SMILES string of the molecule is COc1ccc(C)cc1NC(=O)C(Cc1ccccc1)NS(=O)(=O)c1cc(C)ccc1OC. The van der Waals surface area contributed by atoms with Crippen LogP contribution in [0, 0.1) is 13.8 Å². The van der Waals surface area contributed by atoms with Gasteiger partial charge < -0.3 is 14.8 Å². The first-order chi connectivity index (χ1) is 15.7. The van der Waals surface area contributed by atoms with Crippen molar-refractivity contribution in [1.82, 2.24) is 4.72 Å². The summed E-state index contributed by atoms with van der Waals surface area (Å²) in [6.07, 6.45) is 0.161. The number of hydrogen-bond acceptors (Lipinski definition) is 5. The van der Waals surface area contributed by atoms with E-state index >= 15 is 0 Å². The van der Waals surface area contributed by atoms with Crippen molar-refractivity contribution < 1.29 is 22.7 Å². The van der Waals surface area contributed by atoms with Crippen molar-refractivity contribution in [1.29, 1.82) is 0 Å². The molecule has 1 amide bonds. The van der Waals surface area contributed by atoms with Gasteiger partial charge in [-0.15, -0.1) is 0 Å². The van der Waals surface area contributed by atoms with Crippen molar-refractivity contribution >= 4 is 21.6 Å². The maximum Gasteiger partial charge on any atom is 0.245 e. The molecule has 3 aromatic rings. The van der Waals surface area contributed by atoms with Gasteiger partial charge in [0.2, 0.25) is 15.9 Å². The third kappa shape index (κ3) is 6.12. The lowest BCUT2D eigenvalue weighted by Crippen LogP contribution is -2.45. The first-order valence-corrected chi connectivity index (χ1v) is 11.9. The van der Waals surface area contributed by atoms with Gasteiger partial charge in [0.15, 0.2) is 0 Å². The van der Waals surface area contributed by atoms with Crippen LogP contribution in [0.15, 0.2) is 71.6 Å². The Morgan fingerprint density at radius 3 is 2.12 bits per heavy atom. The topological polar surface area (TPSA) is 93.7 Å². The lowest BCUT2D eigenvalue weighted by atomic mass is 10.1. The minimum absolute atomic E-state index is 0.0241. The van der Waals surface area contributed by atoms with Crippen molar-refractivity contribution in [2.24, 2.45) is 0 Å². The summed E-state index contributed by atoms with van der Waals surface area (Å²) in [7, 11) is -1.16. The molecule has 0 aromatic heterocycles. The van der Waals surface area contributed by atoms with Crippen molar-refractivity contribution in [3.05, 3.63) is 83.4 Å². The van der Waals surface area contributed by atoms with Gasteiger partial charge in [0.05, 0.1) is 19.9 Å². The molecule has 1 unspecified atom stereocenters. The van der Waals surface area contributed by atoms with Crippen LogP contribution in [0.4, 0.5) is 5.69 Å². The Hall–Kier alpha value is -3.36. The number of carbonyl (C=O) groups excluding carboxylic acids is 1. The van der Waals surface area contributed by atoms with Crippen LogP contribution in [0.1, 0.15) is 16.7 Å². The molecule has 174 valence electrons. The van der Waals surface area contributed by atoms with Crippen LogP contribution in [0.2, 0.25) is 0 Å². The molecule has 0 heterocycles. The molecule has 2 N–H and O–H groups in total. The number of carbonyl (C=O) groups is 1. The molecule has 0 radical (unpaired) electrons. The number of nitrogens with one attached hydrogen (secondary N) is 2. The van der Waals surface area contributed by atoms with E-state index < -0.39 is 22.0 Å². The summed E-state index contributed by atoms with van der Waals surface area (Å²) in [5.41, 5.74) is 2.96. The minimum atomic E-state index is -4.07. The van der Waals surface area contributed by atoms with E-state index in [1.807, 2.05) is 43.3 Å². The summed E-state index contributed by atoms with van der Waals surface area (Å²) in [6.45, 7) is 3.68. The predicted molar refractivity (Wildman–Crippen MR) is 128 cm³/mol. The quantitative estimate of drug-likeness (QED) is 0.498. The number of hydrogen-bond donors (Lipinski definition) is 2. The highest BCUT2D eigenvalue weighted by Gasteiger charge is 2.29. The highest BCUT2D eigenvalue weighted by molar-refractivity contribution is 7.89. The first kappa shape index (κ1) is 24.3. The maximum atomic E-state index is 13.3. The van der Waals surface area contributed by atoms with E-state index in [2.05, 4.69) is 10.0 Å². The average molecular weight is 469 g/mol. The zero-order valence-corrected chi connectivity index (χ0v) is 19.9. The second-order valence-corrected chi connectivity index (χ2v) is 9.39. The third-order valence-corrected chi connectivity index (χ3v) is 6.61. The predicted octanol–water partition coefficient (Wildman–Crippen LogP) is 3.85. The molecule has 0 bridgehead atoms. The number of ether oxygens (including phenoxy) is 2. The van der Waals surface area contributed by atoms with Crippen LogP contribution in [0.5, 0.6) is 11.5 Å². The largest absolute Gasteiger partial charge is 0.495 e. The molecule has 7 nitrogen and oxygen atoms in total. The summed E-state index contributed by atoms with van der Waals surface area (Å²) >= 11 is 0. The van der Waals surface area contributed by atoms with Gasteiger partial charge in [-0.3, -0.25) is 4.79 Å². The molecule has 0 fully saturated rings. The summed E-state index contributed by atoms with van der Waals surface area (Å²) < 4.78 is 39.8. The zero-order valence-electron chi connectivity index (χ0n) is 19.1. The Labute approximate surface area is 194 Å². The third-order valence-electron chi connectivity index (χ3n) is 5.12. The van der Waals surface area contributed by atoms with Gasteiger partial charge in [-0.2, -0.15) is 4.72 Å². The van der Waals surface area contributed by atoms with Gasteiger partial charge >= 0.3 is 0 Å². The fraction of sp³-hybridized carbons (Fsp3) is 0.240. The fourth-order valence-electron chi connectivity index (χ4n) is 3.42. The summed E-state index contributed by atoms with van der Waals surface area (Å²) in [5.74, 6) is 0.181. The van der Waals surface area contributed by atoms with Crippen molar-refractivity contribution in [3.63, 3.8) is 0 Å². The molecular formula is C25H28N2O5S. The lowest BCUT2D eigenvalue weighted by Gasteiger charge is -2.21. The summed E-state index contributed by atoms with van der Waals surface area (Å²) in [4.78, 5) is 13.3. The van der Waals surface area contributed by atoms with E-state index in [1.54, 1.807) is 31.2 Å². The number of aryl methyl sites for hydroxylation is 2. The summed E-state index contributed by atoms with van der Waals surface area (Å²) in [5, 5.41) is 2.81. The molecule has 0 aliphatic carbocycles. The Morgan fingerprint density at radius 2 is 1.48 bits per heavy atom. The highest BCUT2D eigenvalue weighted by atomic mass is 32.2. The first-order valence-electron chi connectivity index (χ1n) is 10.4. The van der Waals surface area contributed by atoms with E-state index in [-0.39, 0.29) is 17.1 Å². The second-order valence-electron chi connectivity index (χ2n) is 7.71. The van der Waals surface area contributed by atoms with E-state index in [0.29, 0.717) is 11.4 Å². The number of amides is 1. The Bertz CT molecular complexity index is 1230. The maximum absolute atomic E-state index is 13.3. The molecule has 0 spiro atoms. The zero-order chi connectivity index (χ0) is 24.0. The molecule has 8 heteroatoms. The molecule has 0 saturated heterocycles. The summed E-state index contributed by atoms with van der Waals surface area (Å²) in [6, 6.07) is 18.4. The number of benzene rings is 3. The van der Waals surface area contributed by atoms with E-state index in [1.165, 1.54) is 20.3 Å². The monoisotopic (exact) mass is 468 g/mol. The van der Waals surface area contributed by atoms with Crippen molar-refractivity contribution in [3.8, 4) is 11.5 Å². The van der Waals surface area contributed by atoms with Gasteiger partial charge in [-0.25, -0.2) is 8.42 Å². The van der Waals surface area contributed by atoms with Gasteiger partial charge in [0.1, 0.15) is 22.4 Å². The molecule has 0 saturated carbocycles. The number of methoxy groups -OCH3 is 2. The minimum Gasteiger partial charge on any atom is -0.495 e. The fourth-order valence-corrected chi connectivity index (χ4v) is 4.87. The van der Waals surface area contributed by atoms with Crippen LogP contribution in [-0.2, 0) is 21.2 Å². The van der Waals surface area contributed by atoms with Gasteiger partial charge in [0, 0.05) is 0 Å². The molecule has 33 heavy (non-hydrogen) atoms. The van der Waals surface area contributed by atoms with Crippen molar-refractivity contribution in [2.75, 3.05) is 19.5 Å². The van der Waals surface area contributed by atoms with Gasteiger partial charge in [-0.05, 0) is 61.2 Å². The molecule has 0 aliphatic rings. The average Bonchev–Trinajstić information content (AvgIpc) is 2.79. The van der Waals surface area contributed by atoms with E-state index in [0.717, 1.165) is 16.7 Å². The standard InChI is InChI=1S/C25H28N2O5S/c1-17-10-12-22(31-3)20(14-17)26-25(28)21(16-19-8-6-5-7-9-19)27-33(29,30)24-15-18(2)11-13-23(24)32-4/h5-15,21,27H,16H2,1-4H3,(H,26,28). The lowest BCUT2D eigenvalue weighted by molar-refractivity contribution is -0.117. The van der Waals surface area contributed by atoms with Crippen LogP contribution in [0.25, 0.3) is 0 Å². The Balaban J connectivity index is 1.96. The van der Waals surface area contributed by atoms with E-state index in [4.69, 9.17) is 9.47 Å². The Kier molecular flexibility index (Phi) is 7.73. The molecular weight excluding hydrogens is 440 g/mol. The Morgan fingerprint density at radius 1 is 0.879 bits per heavy atom. The molecule has 3 aromatic carbocycles. The second kappa shape index (κ2) is 10.5. The number of anilines is 1. The molecule has 0 aliphatic heterocycles. The normalized spacial score (nSPS) is 12.1. The highest BCUT2D eigenvalue weighted by Crippen LogP contribution is 2.27. The van der Waals surface area contributed by atoms with Gasteiger partial charge in [0.25, 0.3) is 0 Å². The number of rotatable bonds is 9. The van der Waals surface area contributed by atoms with E-state index in [9.17, 15) is 13.2 Å². The molecule has 3 rings (SSSR count). The van der Waals surface area contributed by atoms with Crippen LogP contribution in [-0.4, -0.2) is 34.6 Å². The smallest absolute Gasteiger partial charge is 0.245 e. The van der Waals surface area contributed by atoms with Crippen LogP contribution < -0.4 is 19.5 Å². The van der Waals surface area contributed by atoms with Crippen molar-refractivity contribution in [2.45, 2.75) is 31.2 Å². The number of sulfonamides is 1. The van der Waals surface area contributed by atoms with Gasteiger partial charge in [-0.1, -0.05) is 42.5 Å². The molecule has 1 atom stereocenters. The van der Waals surface area contributed by atoms with Crippen LogP contribution >= 0.6 is 0 Å². The van der Waals surface area contributed by atoms with Crippen LogP contribution in [0.3, 0.4) is 0 Å².